The van der Waals surface area contributed by atoms with E-state index in [2.05, 4.69) is 5.10 Å². The van der Waals surface area contributed by atoms with Gasteiger partial charge in [-0.3, -0.25) is 4.79 Å². The number of hydrogen-bond acceptors (Lipinski definition) is 4. The Kier molecular flexibility index (Phi) is 5.36. The second-order valence-corrected chi connectivity index (χ2v) is 7.96. The molecule has 8 heteroatoms. The highest BCUT2D eigenvalue weighted by Crippen LogP contribution is 2.39. The minimum absolute atomic E-state index is 0.0682. The first-order chi connectivity index (χ1) is 16.3. The van der Waals surface area contributed by atoms with Gasteiger partial charge < -0.3 is 9.47 Å². The summed E-state index contributed by atoms with van der Waals surface area (Å²) < 4.78 is 51.8. The Bertz CT molecular complexity index is 1390. The van der Waals surface area contributed by atoms with Gasteiger partial charge in [-0.25, -0.2) is 4.68 Å². The van der Waals surface area contributed by atoms with Crippen LogP contribution in [0.3, 0.4) is 0 Å². The summed E-state index contributed by atoms with van der Waals surface area (Å²) in [4.78, 5) is 12.0. The molecule has 0 bridgehead atoms. The largest absolute Gasteiger partial charge is 0.469 e. The van der Waals surface area contributed by atoms with Crippen LogP contribution in [0.25, 0.3) is 16.9 Å². The molecule has 1 aromatic heterocycles. The van der Waals surface area contributed by atoms with E-state index >= 15 is 0 Å². The van der Waals surface area contributed by atoms with Gasteiger partial charge in [0.05, 0.1) is 30.5 Å². The number of fused-ring (bicyclic) bond motifs is 2. The van der Waals surface area contributed by atoms with Gasteiger partial charge in [0.2, 0.25) is 0 Å². The summed E-state index contributed by atoms with van der Waals surface area (Å²) >= 11 is 0. The molecule has 172 valence electrons. The first kappa shape index (κ1) is 21.8. The summed E-state index contributed by atoms with van der Waals surface area (Å²) in [5, 5.41) is 4.56. The van der Waals surface area contributed by atoms with Gasteiger partial charge >= 0.3 is 12.1 Å². The van der Waals surface area contributed by atoms with Crippen molar-refractivity contribution >= 4 is 5.97 Å². The first-order valence-electron chi connectivity index (χ1n) is 10.5. The lowest BCUT2D eigenvalue weighted by molar-refractivity contribution is -0.140. The Morgan fingerprint density at radius 3 is 2.62 bits per heavy atom. The second-order valence-electron chi connectivity index (χ2n) is 7.96. The van der Waals surface area contributed by atoms with Gasteiger partial charge in [0, 0.05) is 23.7 Å². The average molecular weight is 464 g/mol. The van der Waals surface area contributed by atoms with Gasteiger partial charge in [0.15, 0.2) is 0 Å². The molecule has 3 aromatic carbocycles. The Hall–Kier alpha value is -4.07. The molecule has 0 saturated heterocycles. The lowest BCUT2D eigenvalue weighted by Gasteiger charge is -2.20. The summed E-state index contributed by atoms with van der Waals surface area (Å²) in [7, 11) is 1.28. The van der Waals surface area contributed by atoms with Crippen molar-refractivity contribution in [2.24, 2.45) is 0 Å². The van der Waals surface area contributed by atoms with E-state index in [0.29, 0.717) is 17.7 Å². The highest BCUT2D eigenvalue weighted by atomic mass is 19.4. The molecule has 4 aromatic rings. The molecule has 0 amide bonds. The van der Waals surface area contributed by atoms with Gasteiger partial charge in [-0.15, -0.1) is 0 Å². The van der Waals surface area contributed by atoms with Crippen molar-refractivity contribution in [1.82, 2.24) is 9.78 Å². The molecule has 0 fully saturated rings. The van der Waals surface area contributed by atoms with E-state index in [9.17, 15) is 18.0 Å². The smallest absolute Gasteiger partial charge is 0.416 e. The monoisotopic (exact) mass is 464 g/mol. The average Bonchev–Trinajstić information content (AvgIpc) is 3.25. The standard InChI is InChI=1S/C26H19F3N2O3/c1-33-24(32)13-19-15-31(21-7-4-6-20(14-21)26(27,28)29)30-25(19)17-9-10-23-18(12-17)11-16-5-2-3-8-22(16)34-23/h2-10,12,14-15H,11,13H2,1H3. The van der Waals surface area contributed by atoms with E-state index in [1.54, 1.807) is 6.20 Å². The summed E-state index contributed by atoms with van der Waals surface area (Å²) in [5.41, 5.74) is 3.23. The molecular weight excluding hydrogens is 445 g/mol. The highest BCUT2D eigenvalue weighted by Gasteiger charge is 2.30. The van der Waals surface area contributed by atoms with E-state index in [1.807, 2.05) is 42.5 Å². The molecule has 0 atom stereocenters. The molecule has 0 radical (unpaired) electrons. The number of esters is 1. The summed E-state index contributed by atoms with van der Waals surface area (Å²) in [5.74, 6) is 1.07. The number of rotatable bonds is 4. The lowest BCUT2D eigenvalue weighted by atomic mass is 9.96. The van der Waals surface area contributed by atoms with Gasteiger partial charge in [-0.2, -0.15) is 18.3 Å². The number of benzene rings is 3. The topological polar surface area (TPSA) is 53.4 Å². The van der Waals surface area contributed by atoms with Crippen molar-refractivity contribution in [3.8, 4) is 28.4 Å². The molecule has 34 heavy (non-hydrogen) atoms. The van der Waals surface area contributed by atoms with Crippen molar-refractivity contribution in [3.05, 3.63) is 95.2 Å². The molecule has 0 spiro atoms. The van der Waals surface area contributed by atoms with E-state index < -0.39 is 17.7 Å². The maximum absolute atomic E-state index is 13.2. The Morgan fingerprint density at radius 2 is 1.82 bits per heavy atom. The van der Waals surface area contributed by atoms with Crippen LogP contribution >= 0.6 is 0 Å². The van der Waals surface area contributed by atoms with Gasteiger partial charge in [0.25, 0.3) is 0 Å². The maximum atomic E-state index is 13.2. The Labute approximate surface area is 193 Å². The zero-order chi connectivity index (χ0) is 23.9. The number of nitrogens with zero attached hydrogens (tertiary/aromatic N) is 2. The third-order valence-corrected chi connectivity index (χ3v) is 5.70. The summed E-state index contributed by atoms with van der Waals surface area (Å²) in [6, 6.07) is 18.3. The molecule has 1 aliphatic heterocycles. The Morgan fingerprint density at radius 1 is 1.03 bits per heavy atom. The number of carbonyl (C=O) groups is 1. The number of ether oxygens (including phenoxy) is 2. The fraction of sp³-hybridized carbons (Fsp3) is 0.154. The van der Waals surface area contributed by atoms with E-state index in [0.717, 1.165) is 40.3 Å². The van der Waals surface area contributed by atoms with Crippen LogP contribution in [-0.4, -0.2) is 22.9 Å². The number of halogens is 3. The maximum Gasteiger partial charge on any atom is 0.416 e. The number of aromatic nitrogens is 2. The van der Waals surface area contributed by atoms with Gasteiger partial charge in [-0.05, 0) is 53.6 Å². The molecule has 0 N–H and O–H groups in total. The van der Waals surface area contributed by atoms with Crippen LogP contribution in [0.1, 0.15) is 22.3 Å². The SMILES string of the molecule is COC(=O)Cc1cn(-c2cccc(C(F)(F)F)c2)nc1-c1ccc2c(c1)Cc1ccccc1O2. The lowest BCUT2D eigenvalue weighted by Crippen LogP contribution is -2.06. The van der Waals surface area contributed by atoms with Crippen LogP contribution in [0.5, 0.6) is 11.5 Å². The van der Waals surface area contributed by atoms with Crippen molar-refractivity contribution in [3.63, 3.8) is 0 Å². The van der Waals surface area contributed by atoms with Crippen LogP contribution in [0, 0.1) is 0 Å². The Balaban J connectivity index is 1.57. The number of methoxy groups -OCH3 is 1. The summed E-state index contributed by atoms with van der Waals surface area (Å²) in [6.07, 6.45) is -2.32. The molecule has 0 aliphatic carbocycles. The van der Waals surface area contributed by atoms with E-state index in [4.69, 9.17) is 9.47 Å². The number of hydrogen-bond donors (Lipinski definition) is 0. The van der Waals surface area contributed by atoms with Crippen LogP contribution < -0.4 is 4.74 Å². The van der Waals surface area contributed by atoms with Gasteiger partial charge in [0.1, 0.15) is 11.5 Å². The van der Waals surface area contributed by atoms with Crippen molar-refractivity contribution in [1.29, 1.82) is 0 Å². The molecule has 2 heterocycles. The van der Waals surface area contributed by atoms with Crippen molar-refractivity contribution in [2.45, 2.75) is 19.0 Å². The number of alkyl halides is 3. The number of para-hydroxylation sites is 1. The van der Waals surface area contributed by atoms with Crippen LogP contribution in [0.2, 0.25) is 0 Å². The second kappa shape index (κ2) is 8.37. The molecule has 1 aliphatic rings. The normalized spacial score (nSPS) is 12.5. The molecule has 0 unspecified atom stereocenters. The first-order valence-corrected chi connectivity index (χ1v) is 10.5. The van der Waals surface area contributed by atoms with Crippen molar-refractivity contribution in [2.75, 3.05) is 7.11 Å². The van der Waals surface area contributed by atoms with Crippen molar-refractivity contribution < 1.29 is 27.4 Å². The minimum Gasteiger partial charge on any atom is -0.469 e. The molecular formula is C26H19F3N2O3. The van der Waals surface area contributed by atoms with Crippen LogP contribution in [0.4, 0.5) is 13.2 Å². The summed E-state index contributed by atoms with van der Waals surface area (Å²) in [6.45, 7) is 0. The third kappa shape index (κ3) is 4.14. The molecule has 5 rings (SSSR count). The molecule has 0 saturated carbocycles. The molecule has 5 nitrogen and oxygen atoms in total. The highest BCUT2D eigenvalue weighted by molar-refractivity contribution is 5.77. The number of carbonyl (C=O) groups excluding carboxylic acids is 1. The van der Waals surface area contributed by atoms with Crippen LogP contribution in [0.15, 0.2) is 72.9 Å². The fourth-order valence-electron chi connectivity index (χ4n) is 4.00. The van der Waals surface area contributed by atoms with E-state index in [-0.39, 0.29) is 12.1 Å². The predicted molar refractivity (Wildman–Crippen MR) is 119 cm³/mol. The third-order valence-electron chi connectivity index (χ3n) is 5.70. The zero-order valence-electron chi connectivity index (χ0n) is 18.1. The van der Waals surface area contributed by atoms with E-state index in [1.165, 1.54) is 23.9 Å². The zero-order valence-corrected chi connectivity index (χ0v) is 18.1. The quantitative estimate of drug-likeness (QED) is 0.308. The minimum atomic E-state index is -4.48. The predicted octanol–water partition coefficient (Wildman–Crippen LogP) is 5.97. The van der Waals surface area contributed by atoms with Crippen LogP contribution in [-0.2, 0) is 28.5 Å². The van der Waals surface area contributed by atoms with Gasteiger partial charge in [-0.1, -0.05) is 24.3 Å². The fourth-order valence-corrected chi connectivity index (χ4v) is 4.00.